The molecule has 5 nitrogen and oxygen atoms in total. The molecule has 0 radical (unpaired) electrons. The quantitative estimate of drug-likeness (QED) is 0.741. The Kier molecular flexibility index (Phi) is 5.22. The van der Waals surface area contributed by atoms with E-state index < -0.39 is 0 Å². The first kappa shape index (κ1) is 17.5. The molecule has 2 fully saturated rings. The van der Waals surface area contributed by atoms with Gasteiger partial charge in [0.05, 0.1) is 30.3 Å². The van der Waals surface area contributed by atoms with Crippen molar-refractivity contribution in [2.75, 3.05) is 11.9 Å². The minimum atomic E-state index is -0.162. The molecule has 1 saturated carbocycles. The summed E-state index contributed by atoms with van der Waals surface area (Å²) in [5.74, 6) is 1.75. The van der Waals surface area contributed by atoms with Crippen molar-refractivity contribution in [3.8, 4) is 0 Å². The highest BCUT2D eigenvalue weighted by Gasteiger charge is 2.42. The molecule has 1 aliphatic heterocycles. The number of ether oxygens (including phenoxy) is 1. The molecule has 1 aromatic carbocycles. The third-order valence-electron chi connectivity index (χ3n) is 5.13. The zero-order valence-corrected chi connectivity index (χ0v) is 15.5. The van der Waals surface area contributed by atoms with Gasteiger partial charge in [0.25, 0.3) is 0 Å². The van der Waals surface area contributed by atoms with Crippen molar-refractivity contribution in [2.45, 2.75) is 54.4 Å². The maximum atomic E-state index is 12.2. The van der Waals surface area contributed by atoms with Crippen LogP contribution in [-0.4, -0.2) is 24.3 Å². The van der Waals surface area contributed by atoms with Gasteiger partial charge in [-0.25, -0.2) is 4.79 Å². The number of anilines is 1. The van der Waals surface area contributed by atoms with Crippen LogP contribution in [0.15, 0.2) is 52.0 Å². The number of rotatable bonds is 5. The second-order valence-electron chi connectivity index (χ2n) is 7.09. The Bertz CT molecular complexity index is 724. The van der Waals surface area contributed by atoms with E-state index in [1.807, 2.05) is 36.4 Å². The number of furan rings is 1. The van der Waals surface area contributed by atoms with E-state index in [2.05, 4.69) is 10.6 Å². The van der Waals surface area contributed by atoms with Crippen LogP contribution in [0.4, 0.5) is 10.5 Å². The molecule has 2 amide bonds. The maximum absolute atomic E-state index is 12.2. The molecule has 1 spiro atoms. The Morgan fingerprint density at radius 1 is 1.19 bits per heavy atom. The van der Waals surface area contributed by atoms with Crippen molar-refractivity contribution in [3.05, 3.63) is 48.4 Å². The van der Waals surface area contributed by atoms with E-state index in [-0.39, 0.29) is 17.7 Å². The predicted octanol–water partition coefficient (Wildman–Crippen LogP) is 4.80. The SMILES string of the molecule is O=C(Nc1ccc(SCc2ccco2)cc1)N[C@H]1COC2(CCCC2)C1. The first-order valence-corrected chi connectivity index (χ1v) is 10.2. The number of benzene rings is 1. The smallest absolute Gasteiger partial charge is 0.319 e. The van der Waals surface area contributed by atoms with Gasteiger partial charge in [-0.3, -0.25) is 0 Å². The molecule has 0 bridgehead atoms. The number of amides is 2. The van der Waals surface area contributed by atoms with Crippen LogP contribution in [-0.2, 0) is 10.5 Å². The van der Waals surface area contributed by atoms with Crippen LogP contribution in [0.2, 0.25) is 0 Å². The van der Waals surface area contributed by atoms with Crippen molar-refractivity contribution in [1.82, 2.24) is 5.32 Å². The average Bonchev–Trinajstić information content (AvgIpc) is 3.39. The van der Waals surface area contributed by atoms with Gasteiger partial charge in [-0.2, -0.15) is 0 Å². The van der Waals surface area contributed by atoms with Crippen LogP contribution in [0.3, 0.4) is 0 Å². The van der Waals surface area contributed by atoms with E-state index in [1.165, 1.54) is 12.8 Å². The normalized spacial score (nSPS) is 21.2. The largest absolute Gasteiger partial charge is 0.468 e. The number of urea groups is 1. The first-order valence-electron chi connectivity index (χ1n) is 9.18. The van der Waals surface area contributed by atoms with E-state index in [1.54, 1.807) is 18.0 Å². The number of hydrogen-bond donors (Lipinski definition) is 2. The topological polar surface area (TPSA) is 63.5 Å². The lowest BCUT2D eigenvalue weighted by molar-refractivity contribution is 0.00998. The van der Waals surface area contributed by atoms with Crippen LogP contribution in [0.25, 0.3) is 0 Å². The van der Waals surface area contributed by atoms with Crippen molar-refractivity contribution in [1.29, 1.82) is 0 Å². The van der Waals surface area contributed by atoms with Crippen LogP contribution in [0, 0.1) is 0 Å². The second-order valence-corrected chi connectivity index (χ2v) is 8.14. The van der Waals surface area contributed by atoms with E-state index in [0.717, 1.165) is 41.4 Å². The number of nitrogens with one attached hydrogen (secondary N) is 2. The molecular weight excluding hydrogens is 348 g/mol. The van der Waals surface area contributed by atoms with Gasteiger partial charge in [-0.05, 0) is 55.7 Å². The third-order valence-corrected chi connectivity index (χ3v) is 6.17. The minimum Gasteiger partial charge on any atom is -0.468 e. The van der Waals surface area contributed by atoms with E-state index in [4.69, 9.17) is 9.15 Å². The summed E-state index contributed by atoms with van der Waals surface area (Å²) in [5.41, 5.74) is 0.824. The van der Waals surface area contributed by atoms with Crippen molar-refractivity contribution in [3.63, 3.8) is 0 Å². The monoisotopic (exact) mass is 372 g/mol. The summed E-state index contributed by atoms with van der Waals surface area (Å²) >= 11 is 1.70. The van der Waals surface area contributed by atoms with Gasteiger partial charge in [0.1, 0.15) is 5.76 Å². The highest BCUT2D eigenvalue weighted by atomic mass is 32.2. The molecular formula is C20H24N2O3S. The Morgan fingerprint density at radius 2 is 2.00 bits per heavy atom. The molecule has 2 aliphatic rings. The number of hydrogen-bond acceptors (Lipinski definition) is 4. The summed E-state index contributed by atoms with van der Waals surface area (Å²) in [7, 11) is 0. The van der Waals surface area contributed by atoms with Gasteiger partial charge in [0, 0.05) is 10.6 Å². The van der Waals surface area contributed by atoms with Crippen LogP contribution < -0.4 is 10.6 Å². The zero-order valence-electron chi connectivity index (χ0n) is 14.7. The fourth-order valence-corrected chi connectivity index (χ4v) is 4.64. The molecule has 26 heavy (non-hydrogen) atoms. The van der Waals surface area contributed by atoms with Crippen LogP contribution >= 0.6 is 11.8 Å². The van der Waals surface area contributed by atoms with E-state index in [9.17, 15) is 4.79 Å². The molecule has 1 saturated heterocycles. The lowest BCUT2D eigenvalue weighted by atomic mass is 9.96. The lowest BCUT2D eigenvalue weighted by Gasteiger charge is -2.21. The van der Waals surface area contributed by atoms with Crippen molar-refractivity contribution < 1.29 is 13.9 Å². The summed E-state index contributed by atoms with van der Waals surface area (Å²) in [6.45, 7) is 0.621. The van der Waals surface area contributed by atoms with Crippen molar-refractivity contribution in [2.24, 2.45) is 0 Å². The third kappa shape index (κ3) is 4.24. The maximum Gasteiger partial charge on any atom is 0.319 e. The van der Waals surface area contributed by atoms with Crippen LogP contribution in [0.5, 0.6) is 0 Å². The van der Waals surface area contributed by atoms with Crippen molar-refractivity contribution >= 4 is 23.5 Å². The highest BCUT2D eigenvalue weighted by molar-refractivity contribution is 7.98. The summed E-state index contributed by atoms with van der Waals surface area (Å²) < 4.78 is 11.3. The standard InChI is InChI=1S/C20H24N2O3S/c23-19(22-16-12-20(25-13-16)9-1-2-10-20)21-15-5-7-18(8-6-15)26-14-17-4-3-11-24-17/h3-8,11,16H,1-2,9-10,12-14H2,(H2,21,22,23)/t16-/m1/s1. The zero-order chi connectivity index (χ0) is 17.8. The van der Waals surface area contributed by atoms with Gasteiger partial charge in [-0.1, -0.05) is 12.8 Å². The molecule has 2 aromatic rings. The molecule has 138 valence electrons. The summed E-state index contributed by atoms with van der Waals surface area (Å²) in [5, 5.41) is 5.96. The Labute approximate surface area is 157 Å². The Balaban J connectivity index is 1.24. The molecule has 6 heteroatoms. The molecule has 1 atom stereocenters. The molecule has 2 N–H and O–H groups in total. The minimum absolute atomic E-state index is 0.0325. The second kappa shape index (κ2) is 7.76. The first-order chi connectivity index (χ1) is 12.7. The predicted molar refractivity (Wildman–Crippen MR) is 102 cm³/mol. The molecule has 1 aliphatic carbocycles. The lowest BCUT2D eigenvalue weighted by Crippen LogP contribution is -2.39. The van der Waals surface area contributed by atoms with Gasteiger partial charge in [0.2, 0.25) is 0 Å². The van der Waals surface area contributed by atoms with Crippen LogP contribution in [0.1, 0.15) is 37.9 Å². The molecule has 1 aromatic heterocycles. The Hall–Kier alpha value is -1.92. The van der Waals surface area contributed by atoms with Gasteiger partial charge < -0.3 is 19.8 Å². The number of carbonyl (C=O) groups is 1. The average molecular weight is 372 g/mol. The van der Waals surface area contributed by atoms with Gasteiger partial charge in [0.15, 0.2) is 0 Å². The number of thioether (sulfide) groups is 1. The fraction of sp³-hybridized carbons (Fsp3) is 0.450. The molecule has 0 unspecified atom stereocenters. The molecule has 2 heterocycles. The fourth-order valence-electron chi connectivity index (χ4n) is 3.84. The van der Waals surface area contributed by atoms with E-state index in [0.29, 0.717) is 6.61 Å². The molecule has 4 rings (SSSR count). The van der Waals surface area contributed by atoms with Gasteiger partial charge in [-0.15, -0.1) is 11.8 Å². The summed E-state index contributed by atoms with van der Waals surface area (Å²) in [6.07, 6.45) is 7.36. The summed E-state index contributed by atoms with van der Waals surface area (Å²) in [6, 6.07) is 11.7. The Morgan fingerprint density at radius 3 is 2.73 bits per heavy atom. The number of carbonyl (C=O) groups excluding carboxylic acids is 1. The van der Waals surface area contributed by atoms with E-state index >= 15 is 0 Å². The summed E-state index contributed by atoms with van der Waals surface area (Å²) in [4.78, 5) is 13.4. The van der Waals surface area contributed by atoms with Gasteiger partial charge >= 0.3 is 6.03 Å². The highest BCUT2D eigenvalue weighted by Crippen LogP contribution is 2.40.